The van der Waals surface area contributed by atoms with E-state index in [0.29, 0.717) is 11.5 Å². The van der Waals surface area contributed by atoms with Crippen LogP contribution >= 0.6 is 0 Å². The first-order chi connectivity index (χ1) is 11.0. The zero-order valence-corrected chi connectivity index (χ0v) is 11.8. The topological polar surface area (TPSA) is 99.4 Å². The first-order valence-electron chi connectivity index (χ1n) is 6.69. The molecule has 0 spiro atoms. The maximum atomic E-state index is 14.3. The number of alkyl halides is 2. The Kier molecular flexibility index (Phi) is 3.83. The number of nitrogens with one attached hydrogen (secondary N) is 3. The molecule has 0 aliphatic rings. The smallest absolute Gasteiger partial charge is 0.280 e. The normalized spacial score (nSPS) is 11.4. The lowest BCUT2D eigenvalue weighted by atomic mass is 10.0. The van der Waals surface area contributed by atoms with Gasteiger partial charge < -0.3 is 10.3 Å². The molecule has 3 aromatic rings. The van der Waals surface area contributed by atoms with Gasteiger partial charge >= 0.3 is 0 Å². The van der Waals surface area contributed by atoms with Crippen LogP contribution in [0, 0.1) is 0 Å². The largest absolute Gasteiger partial charge is 0.348 e. The lowest BCUT2D eigenvalue weighted by Gasteiger charge is -2.16. The van der Waals surface area contributed by atoms with Gasteiger partial charge in [0.1, 0.15) is 5.82 Å². The molecule has 23 heavy (non-hydrogen) atoms. The summed E-state index contributed by atoms with van der Waals surface area (Å²) in [5, 5.41) is 15.4. The van der Waals surface area contributed by atoms with Gasteiger partial charge in [-0.1, -0.05) is 17.3 Å². The van der Waals surface area contributed by atoms with Gasteiger partial charge in [-0.3, -0.25) is 4.79 Å². The van der Waals surface area contributed by atoms with Crippen molar-refractivity contribution in [3.05, 3.63) is 64.2 Å². The second kappa shape index (κ2) is 5.95. The van der Waals surface area contributed by atoms with Crippen molar-refractivity contribution >= 4 is 11.5 Å². The lowest BCUT2D eigenvalue weighted by Crippen LogP contribution is -2.18. The van der Waals surface area contributed by atoms with Gasteiger partial charge in [0.15, 0.2) is 11.3 Å². The van der Waals surface area contributed by atoms with Crippen LogP contribution in [0.25, 0.3) is 0 Å². The number of H-pyrrole nitrogens is 2. The number of rotatable bonds is 5. The third-order valence-corrected chi connectivity index (χ3v) is 3.11. The molecular formula is C14H12F2N6O. The predicted molar refractivity (Wildman–Crippen MR) is 78.6 cm³/mol. The van der Waals surface area contributed by atoms with Crippen molar-refractivity contribution in [1.82, 2.24) is 25.6 Å². The monoisotopic (exact) mass is 318 g/mol. The van der Waals surface area contributed by atoms with Crippen molar-refractivity contribution in [3.8, 4) is 0 Å². The highest BCUT2D eigenvalue weighted by atomic mass is 19.3. The number of anilines is 2. The lowest BCUT2D eigenvalue weighted by molar-refractivity contribution is -0.00575. The van der Waals surface area contributed by atoms with Crippen LogP contribution in [0.1, 0.15) is 11.4 Å². The number of tetrazole rings is 1. The Labute approximate surface area is 128 Å². The molecule has 2 heterocycles. The first-order valence-corrected chi connectivity index (χ1v) is 6.69. The van der Waals surface area contributed by atoms with Crippen LogP contribution in [0.3, 0.4) is 0 Å². The Morgan fingerprint density at radius 1 is 1.22 bits per heavy atom. The van der Waals surface area contributed by atoms with Gasteiger partial charge in [-0.2, -0.15) is 5.21 Å². The van der Waals surface area contributed by atoms with E-state index in [9.17, 15) is 13.6 Å². The van der Waals surface area contributed by atoms with Gasteiger partial charge in [-0.05, 0) is 12.1 Å². The van der Waals surface area contributed by atoms with Gasteiger partial charge in [0.05, 0.1) is 6.42 Å². The van der Waals surface area contributed by atoms with E-state index in [0.717, 1.165) is 0 Å². The molecule has 0 unspecified atom stereocenters. The number of pyridine rings is 1. The molecule has 0 radical (unpaired) electrons. The third-order valence-electron chi connectivity index (χ3n) is 3.11. The zero-order valence-electron chi connectivity index (χ0n) is 11.8. The van der Waals surface area contributed by atoms with Gasteiger partial charge in [-0.15, -0.1) is 10.2 Å². The molecule has 0 fully saturated rings. The van der Waals surface area contributed by atoms with Crippen molar-refractivity contribution in [2.75, 3.05) is 5.32 Å². The van der Waals surface area contributed by atoms with Crippen molar-refractivity contribution < 1.29 is 8.78 Å². The summed E-state index contributed by atoms with van der Waals surface area (Å²) < 4.78 is 28.6. The minimum absolute atomic E-state index is 0.0687. The third kappa shape index (κ3) is 3.57. The fourth-order valence-electron chi connectivity index (χ4n) is 2.06. The Morgan fingerprint density at radius 2 is 2.09 bits per heavy atom. The standard InChI is InChI=1S/C14H12F2N6O/c15-14(16,8-13-19-21-22-20-13)9-2-1-3-10(6-9)18-12-7-11(23)4-5-17-12/h1-7H,8H2,(H2,17,18,23)(H,19,20,21,22). The number of benzene rings is 1. The average molecular weight is 318 g/mol. The summed E-state index contributed by atoms with van der Waals surface area (Å²) >= 11 is 0. The van der Waals surface area contributed by atoms with Gasteiger partial charge in [0, 0.05) is 29.6 Å². The first kappa shape index (κ1) is 14.8. The van der Waals surface area contributed by atoms with Crippen LogP contribution in [-0.2, 0) is 12.3 Å². The minimum Gasteiger partial charge on any atom is -0.348 e. The number of halogens is 2. The Hall–Kier alpha value is -3.10. The fourth-order valence-corrected chi connectivity index (χ4v) is 2.06. The van der Waals surface area contributed by atoms with Crippen molar-refractivity contribution in [1.29, 1.82) is 0 Å². The average Bonchev–Trinajstić information content (AvgIpc) is 3.00. The second-order valence-electron chi connectivity index (χ2n) is 4.85. The highest BCUT2D eigenvalue weighted by Crippen LogP contribution is 2.32. The molecule has 0 atom stereocenters. The molecule has 0 aliphatic heterocycles. The van der Waals surface area contributed by atoms with Crippen molar-refractivity contribution in [3.63, 3.8) is 0 Å². The van der Waals surface area contributed by atoms with Crippen LogP contribution in [0.2, 0.25) is 0 Å². The summed E-state index contributed by atoms with van der Waals surface area (Å²) in [6.45, 7) is 0. The Bertz CT molecular complexity index is 846. The van der Waals surface area contributed by atoms with E-state index in [4.69, 9.17) is 0 Å². The van der Waals surface area contributed by atoms with Crippen LogP contribution in [0.15, 0.2) is 47.4 Å². The van der Waals surface area contributed by atoms with Crippen LogP contribution < -0.4 is 10.7 Å². The van der Waals surface area contributed by atoms with E-state index in [1.165, 1.54) is 36.5 Å². The Balaban J connectivity index is 1.83. The number of aromatic amines is 2. The van der Waals surface area contributed by atoms with Crippen molar-refractivity contribution in [2.45, 2.75) is 12.3 Å². The molecule has 0 saturated carbocycles. The number of hydrogen-bond acceptors (Lipinski definition) is 5. The zero-order chi connectivity index (χ0) is 16.3. The summed E-state index contributed by atoms with van der Waals surface area (Å²) in [6.07, 6.45) is 0.814. The molecule has 7 nitrogen and oxygen atoms in total. The van der Waals surface area contributed by atoms with Crippen LogP contribution in [0.4, 0.5) is 20.3 Å². The maximum absolute atomic E-state index is 14.3. The van der Waals surface area contributed by atoms with Crippen LogP contribution in [-0.4, -0.2) is 25.6 Å². The highest BCUT2D eigenvalue weighted by molar-refractivity contribution is 5.57. The quantitative estimate of drug-likeness (QED) is 0.668. The summed E-state index contributed by atoms with van der Waals surface area (Å²) in [5.41, 5.74) is 0.0487. The van der Waals surface area contributed by atoms with E-state index in [-0.39, 0.29) is 16.8 Å². The summed E-state index contributed by atoms with van der Waals surface area (Å²) in [4.78, 5) is 14.1. The molecule has 118 valence electrons. The SMILES string of the molecule is O=c1cc[nH]c(Nc2cccc(C(F)(F)Cc3nn[nH]n3)c2)c1. The molecule has 1 aromatic carbocycles. The van der Waals surface area contributed by atoms with E-state index in [1.54, 1.807) is 6.07 Å². The van der Waals surface area contributed by atoms with Crippen molar-refractivity contribution in [2.24, 2.45) is 0 Å². The highest BCUT2D eigenvalue weighted by Gasteiger charge is 2.33. The fraction of sp³-hybridized carbons (Fsp3) is 0.143. The summed E-state index contributed by atoms with van der Waals surface area (Å²) in [5.74, 6) is -2.80. The maximum Gasteiger partial charge on any atom is 0.280 e. The van der Waals surface area contributed by atoms with Gasteiger partial charge in [-0.25, -0.2) is 8.78 Å². The number of aromatic nitrogens is 5. The number of hydrogen-bond donors (Lipinski definition) is 3. The molecule has 0 amide bonds. The number of nitrogens with zero attached hydrogens (tertiary/aromatic N) is 3. The van der Waals surface area contributed by atoms with E-state index >= 15 is 0 Å². The van der Waals surface area contributed by atoms with Gasteiger partial charge in [0.2, 0.25) is 0 Å². The van der Waals surface area contributed by atoms with Crippen LogP contribution in [0.5, 0.6) is 0 Å². The van der Waals surface area contributed by atoms with E-state index in [1.807, 2.05) is 0 Å². The summed E-state index contributed by atoms with van der Waals surface area (Å²) in [6, 6.07) is 8.46. The molecule has 3 N–H and O–H groups in total. The Morgan fingerprint density at radius 3 is 2.83 bits per heavy atom. The van der Waals surface area contributed by atoms with Gasteiger partial charge in [0.25, 0.3) is 5.92 Å². The van der Waals surface area contributed by atoms with E-state index in [2.05, 4.69) is 30.9 Å². The molecule has 0 saturated heterocycles. The molecule has 0 aliphatic carbocycles. The molecule has 9 heteroatoms. The molecule has 3 rings (SSSR count). The molecule has 2 aromatic heterocycles. The predicted octanol–water partition coefficient (Wildman–Crippen LogP) is 1.97. The molecule has 0 bridgehead atoms. The second-order valence-corrected chi connectivity index (χ2v) is 4.85. The molecular weight excluding hydrogens is 306 g/mol. The van der Waals surface area contributed by atoms with E-state index < -0.39 is 12.3 Å². The minimum atomic E-state index is -3.15. The summed E-state index contributed by atoms with van der Waals surface area (Å²) in [7, 11) is 0.